The summed E-state index contributed by atoms with van der Waals surface area (Å²) in [7, 11) is 0. The molecular weight excluding hydrogens is 418 g/mol. The highest BCUT2D eigenvalue weighted by Gasteiger charge is 2.22. The van der Waals surface area contributed by atoms with E-state index in [0.717, 1.165) is 51.5 Å². The van der Waals surface area contributed by atoms with Crippen molar-refractivity contribution < 1.29 is 4.79 Å². The predicted octanol–water partition coefficient (Wildman–Crippen LogP) is 3.48. The lowest BCUT2D eigenvalue weighted by atomic mass is 10.00. The fraction of sp³-hybridized carbons (Fsp3) is 0.320. The topological polar surface area (TPSA) is 52.6 Å². The van der Waals surface area contributed by atoms with E-state index in [9.17, 15) is 4.79 Å². The van der Waals surface area contributed by atoms with Gasteiger partial charge in [-0.2, -0.15) is 0 Å². The first kappa shape index (κ1) is 20.8. The molecule has 2 aromatic carbocycles. The van der Waals surface area contributed by atoms with Gasteiger partial charge in [0.1, 0.15) is 5.82 Å². The van der Waals surface area contributed by atoms with Gasteiger partial charge in [-0.15, -0.1) is 0 Å². The van der Waals surface area contributed by atoms with E-state index in [-0.39, 0.29) is 5.91 Å². The number of rotatable bonds is 5. The van der Waals surface area contributed by atoms with Crippen LogP contribution < -0.4 is 9.80 Å². The highest BCUT2D eigenvalue weighted by Crippen LogP contribution is 2.24. The number of fused-ring (bicyclic) bond motifs is 1. The molecule has 1 aromatic heterocycles. The second kappa shape index (κ2) is 9.61. The minimum absolute atomic E-state index is 0.156. The molecule has 0 N–H and O–H groups in total. The van der Waals surface area contributed by atoms with Crippen LogP contribution in [0.3, 0.4) is 0 Å². The molecule has 0 saturated carbocycles. The molecule has 0 unspecified atom stereocenters. The van der Waals surface area contributed by atoms with Crippen LogP contribution in [0.1, 0.15) is 11.1 Å². The molecule has 0 radical (unpaired) electrons. The van der Waals surface area contributed by atoms with Crippen molar-refractivity contribution in [3.63, 3.8) is 0 Å². The summed E-state index contributed by atoms with van der Waals surface area (Å²) in [4.78, 5) is 28.5. The number of hydrogen-bond donors (Lipinski definition) is 0. The smallest absolute Gasteiger partial charge is 0.233 e. The third kappa shape index (κ3) is 4.72. The zero-order valence-electron chi connectivity index (χ0n) is 18.1. The van der Waals surface area contributed by atoms with Crippen molar-refractivity contribution in [2.45, 2.75) is 18.1 Å². The lowest BCUT2D eigenvalue weighted by Crippen LogP contribution is -2.49. The number of benzene rings is 2. The molecule has 1 saturated heterocycles. The molecule has 1 amide bonds. The predicted molar refractivity (Wildman–Crippen MR) is 129 cm³/mol. The molecule has 5 rings (SSSR count). The summed E-state index contributed by atoms with van der Waals surface area (Å²) >= 11 is 1.43. The Morgan fingerprint density at radius 1 is 0.844 bits per heavy atom. The SMILES string of the molecule is O=C(CSc1nccc(N2CCc3ccccc3C2)n1)N1CCN(c2ccccc2)CC1. The van der Waals surface area contributed by atoms with Gasteiger partial charge in [-0.05, 0) is 35.7 Å². The maximum absolute atomic E-state index is 12.8. The van der Waals surface area contributed by atoms with Gasteiger partial charge in [0.15, 0.2) is 5.16 Å². The molecule has 0 atom stereocenters. The van der Waals surface area contributed by atoms with Crippen LogP contribution in [-0.4, -0.2) is 59.3 Å². The zero-order chi connectivity index (χ0) is 21.8. The molecular formula is C25H27N5OS. The minimum atomic E-state index is 0.156. The number of anilines is 2. The Balaban J connectivity index is 1.14. The second-order valence-corrected chi connectivity index (χ2v) is 9.07. The first-order valence-corrected chi connectivity index (χ1v) is 12.1. The minimum Gasteiger partial charge on any atom is -0.368 e. The summed E-state index contributed by atoms with van der Waals surface area (Å²) < 4.78 is 0. The average molecular weight is 446 g/mol. The Morgan fingerprint density at radius 3 is 2.41 bits per heavy atom. The Hall–Kier alpha value is -3.06. The van der Waals surface area contributed by atoms with Crippen molar-refractivity contribution in [3.8, 4) is 0 Å². The molecule has 6 nitrogen and oxygen atoms in total. The van der Waals surface area contributed by atoms with Crippen LogP contribution in [0.5, 0.6) is 0 Å². The second-order valence-electron chi connectivity index (χ2n) is 8.13. The van der Waals surface area contributed by atoms with Crippen molar-refractivity contribution in [1.29, 1.82) is 0 Å². The molecule has 0 spiro atoms. The van der Waals surface area contributed by atoms with E-state index in [0.29, 0.717) is 10.9 Å². The molecule has 2 aliphatic rings. The molecule has 164 valence electrons. The lowest BCUT2D eigenvalue weighted by Gasteiger charge is -2.36. The number of carbonyl (C=O) groups is 1. The maximum atomic E-state index is 12.8. The molecule has 0 bridgehead atoms. The Bertz CT molecular complexity index is 1070. The fourth-order valence-corrected chi connectivity index (χ4v) is 5.07. The van der Waals surface area contributed by atoms with Gasteiger partial charge in [-0.25, -0.2) is 9.97 Å². The summed E-state index contributed by atoms with van der Waals surface area (Å²) in [5.74, 6) is 1.46. The summed E-state index contributed by atoms with van der Waals surface area (Å²) in [6.07, 6.45) is 2.82. The Labute approximate surface area is 193 Å². The van der Waals surface area contributed by atoms with Gasteiger partial charge in [0.2, 0.25) is 5.91 Å². The first-order chi connectivity index (χ1) is 15.8. The standard InChI is InChI=1S/C25H27N5OS/c31-24(29-16-14-28(15-17-29)22-8-2-1-3-9-22)19-32-25-26-12-10-23(27-25)30-13-11-20-6-4-5-7-21(20)18-30/h1-10,12H,11,13-19H2. The third-order valence-electron chi connectivity index (χ3n) is 6.15. The van der Waals surface area contributed by atoms with Gasteiger partial charge < -0.3 is 14.7 Å². The molecule has 1 fully saturated rings. The number of para-hydroxylation sites is 1. The zero-order valence-corrected chi connectivity index (χ0v) is 18.9. The van der Waals surface area contributed by atoms with E-state index in [2.05, 4.69) is 63.3 Å². The van der Waals surface area contributed by atoms with Crippen LogP contribution in [0.15, 0.2) is 72.0 Å². The van der Waals surface area contributed by atoms with Crippen LogP contribution in [0, 0.1) is 0 Å². The van der Waals surface area contributed by atoms with Crippen LogP contribution in [0.2, 0.25) is 0 Å². The van der Waals surface area contributed by atoms with Gasteiger partial charge >= 0.3 is 0 Å². The van der Waals surface area contributed by atoms with Crippen molar-refractivity contribution >= 4 is 29.2 Å². The molecule has 2 aliphatic heterocycles. The van der Waals surface area contributed by atoms with E-state index in [4.69, 9.17) is 4.98 Å². The van der Waals surface area contributed by atoms with Gasteiger partial charge in [0, 0.05) is 51.2 Å². The van der Waals surface area contributed by atoms with E-state index in [1.807, 2.05) is 17.0 Å². The molecule has 3 aromatic rings. The molecule has 7 heteroatoms. The van der Waals surface area contributed by atoms with Gasteiger partial charge in [-0.3, -0.25) is 4.79 Å². The number of aromatic nitrogens is 2. The number of carbonyl (C=O) groups excluding carboxylic acids is 1. The van der Waals surface area contributed by atoms with Gasteiger partial charge in [-0.1, -0.05) is 54.2 Å². The number of nitrogens with zero attached hydrogens (tertiary/aromatic N) is 5. The number of hydrogen-bond acceptors (Lipinski definition) is 6. The van der Waals surface area contributed by atoms with Gasteiger partial charge in [0.25, 0.3) is 0 Å². The number of amides is 1. The van der Waals surface area contributed by atoms with E-state index >= 15 is 0 Å². The summed E-state index contributed by atoms with van der Waals surface area (Å²) in [6.45, 7) is 5.04. The summed E-state index contributed by atoms with van der Waals surface area (Å²) in [5.41, 5.74) is 4.00. The van der Waals surface area contributed by atoms with Crippen LogP contribution >= 0.6 is 11.8 Å². The number of piperazine rings is 1. The third-order valence-corrected chi connectivity index (χ3v) is 7.00. The monoisotopic (exact) mass is 445 g/mol. The molecule has 0 aliphatic carbocycles. The lowest BCUT2D eigenvalue weighted by molar-refractivity contribution is -0.128. The fourth-order valence-electron chi connectivity index (χ4n) is 4.34. The van der Waals surface area contributed by atoms with Crippen molar-refractivity contribution in [3.05, 3.63) is 78.0 Å². The maximum Gasteiger partial charge on any atom is 0.233 e. The number of thioether (sulfide) groups is 1. The highest BCUT2D eigenvalue weighted by atomic mass is 32.2. The quantitative estimate of drug-likeness (QED) is 0.443. The average Bonchev–Trinajstić information content (AvgIpc) is 2.88. The van der Waals surface area contributed by atoms with Crippen LogP contribution in [0.4, 0.5) is 11.5 Å². The largest absolute Gasteiger partial charge is 0.368 e. The normalized spacial score (nSPS) is 16.1. The highest BCUT2D eigenvalue weighted by molar-refractivity contribution is 7.99. The van der Waals surface area contributed by atoms with Crippen LogP contribution in [-0.2, 0) is 17.8 Å². The van der Waals surface area contributed by atoms with Crippen molar-refractivity contribution in [2.24, 2.45) is 0 Å². The Kier molecular flexibility index (Phi) is 6.25. The van der Waals surface area contributed by atoms with Crippen molar-refractivity contribution in [2.75, 3.05) is 48.3 Å². The first-order valence-electron chi connectivity index (χ1n) is 11.1. The summed E-state index contributed by atoms with van der Waals surface area (Å²) in [6, 6.07) is 20.9. The Morgan fingerprint density at radius 2 is 1.59 bits per heavy atom. The molecule has 3 heterocycles. The van der Waals surface area contributed by atoms with E-state index < -0.39 is 0 Å². The van der Waals surface area contributed by atoms with E-state index in [1.165, 1.54) is 28.6 Å². The van der Waals surface area contributed by atoms with Crippen molar-refractivity contribution in [1.82, 2.24) is 14.9 Å². The van der Waals surface area contributed by atoms with Crippen LogP contribution in [0.25, 0.3) is 0 Å². The summed E-state index contributed by atoms with van der Waals surface area (Å²) in [5, 5.41) is 0.664. The van der Waals surface area contributed by atoms with E-state index in [1.54, 1.807) is 6.20 Å². The van der Waals surface area contributed by atoms with Gasteiger partial charge in [0.05, 0.1) is 5.75 Å². The molecule has 32 heavy (non-hydrogen) atoms.